The number of fused-ring (bicyclic) bond motifs is 3. The van der Waals surface area contributed by atoms with Crippen molar-refractivity contribution in [3.63, 3.8) is 0 Å². The summed E-state index contributed by atoms with van der Waals surface area (Å²) in [6.07, 6.45) is 2.20. The van der Waals surface area contributed by atoms with E-state index in [0.717, 1.165) is 34.1 Å². The van der Waals surface area contributed by atoms with Crippen LogP contribution in [0.1, 0.15) is 35.6 Å². The number of nitrogens with one attached hydrogen (secondary N) is 1. The van der Waals surface area contributed by atoms with E-state index in [9.17, 15) is 4.79 Å². The third-order valence-electron chi connectivity index (χ3n) is 6.40. The van der Waals surface area contributed by atoms with Crippen molar-refractivity contribution in [2.75, 3.05) is 7.11 Å². The molecule has 0 radical (unpaired) electrons. The largest absolute Gasteiger partial charge is 0.497 e. The molecule has 2 atom stereocenters. The van der Waals surface area contributed by atoms with Gasteiger partial charge in [0.25, 0.3) is 0 Å². The standard InChI is InChI=1S/C27H23BrClNO3/c1-32-20-8-10-21(11-9-20)33-27(31)17-4-12-22-24-15-18(28)5-13-25(24)30-26(22)23(14-17)16-2-6-19(29)7-3-16/h2-3,5-11,13,15,17,23,30H,4,12,14H2,1H3. The van der Waals surface area contributed by atoms with Crippen LogP contribution in [0.15, 0.2) is 71.2 Å². The number of H-pyrrole nitrogens is 1. The fourth-order valence-corrected chi connectivity index (χ4v) is 5.19. The molecular weight excluding hydrogens is 502 g/mol. The highest BCUT2D eigenvalue weighted by atomic mass is 79.9. The quantitative estimate of drug-likeness (QED) is 0.173. The van der Waals surface area contributed by atoms with Gasteiger partial charge in [0.2, 0.25) is 0 Å². The van der Waals surface area contributed by atoms with Gasteiger partial charge in [-0.15, -0.1) is 0 Å². The van der Waals surface area contributed by atoms with Gasteiger partial charge in [-0.25, -0.2) is 0 Å². The Bertz CT molecular complexity index is 1300. The number of methoxy groups -OCH3 is 1. The Morgan fingerprint density at radius 1 is 1.03 bits per heavy atom. The van der Waals surface area contributed by atoms with E-state index in [-0.39, 0.29) is 17.8 Å². The molecule has 1 aliphatic rings. The van der Waals surface area contributed by atoms with Gasteiger partial charge < -0.3 is 14.5 Å². The normalized spacial score (nSPS) is 17.9. The number of hydrogen-bond donors (Lipinski definition) is 1. The molecule has 5 rings (SSSR count). The Kier molecular flexibility index (Phi) is 6.17. The number of carbonyl (C=O) groups excluding carboxylic acids is 1. The van der Waals surface area contributed by atoms with E-state index in [0.29, 0.717) is 17.2 Å². The molecule has 0 aliphatic heterocycles. The van der Waals surface area contributed by atoms with Crippen molar-refractivity contribution in [1.82, 2.24) is 4.98 Å². The van der Waals surface area contributed by atoms with Crippen LogP contribution >= 0.6 is 27.5 Å². The molecular formula is C27H23BrClNO3. The summed E-state index contributed by atoms with van der Waals surface area (Å²) in [7, 11) is 1.61. The predicted molar refractivity (Wildman–Crippen MR) is 134 cm³/mol. The summed E-state index contributed by atoms with van der Waals surface area (Å²) in [5, 5.41) is 1.89. The van der Waals surface area contributed by atoms with Crippen LogP contribution in [0.5, 0.6) is 11.5 Å². The van der Waals surface area contributed by atoms with Crippen LogP contribution in [0, 0.1) is 5.92 Å². The molecule has 0 saturated carbocycles. The van der Waals surface area contributed by atoms with Crippen molar-refractivity contribution in [3.05, 3.63) is 93.0 Å². The van der Waals surface area contributed by atoms with E-state index in [1.54, 1.807) is 31.4 Å². The van der Waals surface area contributed by atoms with E-state index < -0.39 is 0 Å². The molecule has 1 heterocycles. The molecule has 33 heavy (non-hydrogen) atoms. The van der Waals surface area contributed by atoms with Crippen molar-refractivity contribution < 1.29 is 14.3 Å². The zero-order valence-corrected chi connectivity index (χ0v) is 20.4. The summed E-state index contributed by atoms with van der Waals surface area (Å²) in [6.45, 7) is 0. The van der Waals surface area contributed by atoms with Crippen molar-refractivity contribution >= 4 is 44.4 Å². The molecule has 3 aromatic carbocycles. The molecule has 2 unspecified atom stereocenters. The number of aromatic amines is 1. The lowest BCUT2D eigenvalue weighted by atomic mass is 9.87. The first kappa shape index (κ1) is 22.1. The summed E-state index contributed by atoms with van der Waals surface area (Å²) in [5.74, 6) is 0.870. The van der Waals surface area contributed by atoms with Gasteiger partial charge in [-0.3, -0.25) is 4.79 Å². The maximum atomic E-state index is 13.2. The van der Waals surface area contributed by atoms with Crippen LogP contribution in [0.4, 0.5) is 0 Å². The van der Waals surface area contributed by atoms with Gasteiger partial charge in [-0.1, -0.05) is 39.7 Å². The number of aromatic nitrogens is 1. The molecule has 1 N–H and O–H groups in total. The number of ether oxygens (including phenoxy) is 2. The van der Waals surface area contributed by atoms with Gasteiger partial charge in [0.1, 0.15) is 11.5 Å². The Morgan fingerprint density at radius 3 is 2.48 bits per heavy atom. The topological polar surface area (TPSA) is 51.3 Å². The first-order chi connectivity index (χ1) is 16.0. The summed E-state index contributed by atoms with van der Waals surface area (Å²) in [4.78, 5) is 16.9. The highest BCUT2D eigenvalue weighted by molar-refractivity contribution is 9.10. The molecule has 1 aliphatic carbocycles. The summed E-state index contributed by atoms with van der Waals surface area (Å²) < 4.78 is 12.0. The maximum Gasteiger partial charge on any atom is 0.314 e. The van der Waals surface area contributed by atoms with Crippen LogP contribution in [0.2, 0.25) is 5.02 Å². The molecule has 4 aromatic rings. The Balaban J connectivity index is 1.49. The third kappa shape index (κ3) is 4.53. The van der Waals surface area contributed by atoms with Crippen molar-refractivity contribution in [1.29, 1.82) is 0 Å². The molecule has 1 aromatic heterocycles. The number of halogens is 2. The van der Waals surface area contributed by atoms with E-state index in [4.69, 9.17) is 21.1 Å². The molecule has 0 spiro atoms. The minimum absolute atomic E-state index is 0.0411. The van der Waals surface area contributed by atoms with Crippen molar-refractivity contribution in [2.24, 2.45) is 5.92 Å². The van der Waals surface area contributed by atoms with Crippen LogP contribution < -0.4 is 9.47 Å². The lowest BCUT2D eigenvalue weighted by Gasteiger charge is -2.20. The average molecular weight is 525 g/mol. The van der Waals surface area contributed by atoms with Crippen LogP contribution in [0.25, 0.3) is 10.9 Å². The van der Waals surface area contributed by atoms with Crippen LogP contribution in [-0.2, 0) is 11.2 Å². The molecule has 0 amide bonds. The minimum atomic E-state index is -0.226. The fourth-order valence-electron chi connectivity index (χ4n) is 4.70. The molecule has 6 heteroatoms. The van der Waals surface area contributed by atoms with Crippen molar-refractivity contribution in [3.8, 4) is 11.5 Å². The molecule has 168 valence electrons. The average Bonchev–Trinajstić information content (AvgIpc) is 3.06. The third-order valence-corrected chi connectivity index (χ3v) is 7.14. The zero-order valence-electron chi connectivity index (χ0n) is 18.1. The van der Waals surface area contributed by atoms with Gasteiger partial charge in [0, 0.05) is 32.0 Å². The monoisotopic (exact) mass is 523 g/mol. The van der Waals surface area contributed by atoms with Gasteiger partial charge in [0.15, 0.2) is 0 Å². The van der Waals surface area contributed by atoms with Crippen molar-refractivity contribution in [2.45, 2.75) is 25.2 Å². The number of esters is 1. The second kappa shape index (κ2) is 9.24. The molecule has 0 bridgehead atoms. The smallest absolute Gasteiger partial charge is 0.314 e. The molecule has 0 saturated heterocycles. The van der Waals surface area contributed by atoms with Gasteiger partial charge in [-0.2, -0.15) is 0 Å². The number of rotatable bonds is 4. The predicted octanol–water partition coefficient (Wildman–Crippen LogP) is 7.28. The summed E-state index contributed by atoms with van der Waals surface area (Å²) in [5.41, 5.74) is 4.69. The Hall–Kier alpha value is -2.76. The summed E-state index contributed by atoms with van der Waals surface area (Å²) >= 11 is 9.76. The zero-order chi connectivity index (χ0) is 22.9. The second-order valence-corrected chi connectivity index (χ2v) is 9.73. The van der Waals surface area contributed by atoms with E-state index in [1.165, 1.54) is 16.6 Å². The summed E-state index contributed by atoms with van der Waals surface area (Å²) in [6, 6.07) is 21.3. The lowest BCUT2D eigenvalue weighted by molar-refractivity contribution is -0.139. The first-order valence-corrected chi connectivity index (χ1v) is 12.1. The minimum Gasteiger partial charge on any atom is -0.497 e. The van der Waals surface area contributed by atoms with E-state index in [2.05, 4.69) is 45.2 Å². The van der Waals surface area contributed by atoms with Gasteiger partial charge in [-0.05, 0) is 85.0 Å². The molecule has 4 nitrogen and oxygen atoms in total. The highest BCUT2D eigenvalue weighted by Crippen LogP contribution is 2.42. The second-order valence-electron chi connectivity index (χ2n) is 8.38. The van der Waals surface area contributed by atoms with Gasteiger partial charge in [0.05, 0.1) is 13.0 Å². The number of aryl methyl sites for hydroxylation is 1. The molecule has 0 fully saturated rings. The number of hydrogen-bond acceptors (Lipinski definition) is 3. The fraction of sp³-hybridized carbons (Fsp3) is 0.222. The van der Waals surface area contributed by atoms with E-state index >= 15 is 0 Å². The first-order valence-electron chi connectivity index (χ1n) is 10.9. The maximum absolute atomic E-state index is 13.2. The Morgan fingerprint density at radius 2 is 1.76 bits per heavy atom. The lowest BCUT2D eigenvalue weighted by Crippen LogP contribution is -2.22. The number of benzene rings is 3. The van der Waals surface area contributed by atoms with Crippen LogP contribution in [0.3, 0.4) is 0 Å². The van der Waals surface area contributed by atoms with E-state index in [1.807, 2.05) is 18.2 Å². The van der Waals surface area contributed by atoms with Gasteiger partial charge >= 0.3 is 5.97 Å². The number of carbonyl (C=O) groups is 1. The van der Waals surface area contributed by atoms with Crippen LogP contribution in [-0.4, -0.2) is 18.1 Å². The SMILES string of the molecule is COc1ccc(OC(=O)C2CCc3c([nH]c4ccc(Br)cc34)C(c3ccc(Cl)cc3)C2)cc1. The highest BCUT2D eigenvalue weighted by Gasteiger charge is 2.33. The Labute approximate surface area is 206 Å².